The first-order chi connectivity index (χ1) is 5.48. The van der Waals surface area contributed by atoms with E-state index in [9.17, 15) is 5.11 Å². The van der Waals surface area contributed by atoms with Crippen LogP contribution in [0.4, 0.5) is 0 Å². The smallest absolute Gasteiger partial charge is 0.0707 e. The second-order valence-corrected chi connectivity index (χ2v) is 5.19. The zero-order valence-corrected chi connectivity index (χ0v) is 9.58. The number of hydrogen-bond acceptors (Lipinski definition) is 2. The largest absolute Gasteiger partial charge is 0.389 e. The fraction of sp³-hybridized carbons (Fsp3) is 1.00. The average molecular weight is 190 g/mol. The molecule has 0 aromatic heterocycles. The van der Waals surface area contributed by atoms with E-state index in [0.29, 0.717) is 0 Å². The molecule has 1 atom stereocenters. The lowest BCUT2D eigenvalue weighted by molar-refractivity contribution is 0.0816. The van der Waals surface area contributed by atoms with Crippen molar-refractivity contribution in [3.8, 4) is 0 Å². The van der Waals surface area contributed by atoms with Crippen molar-refractivity contribution in [2.24, 2.45) is 5.92 Å². The summed E-state index contributed by atoms with van der Waals surface area (Å²) in [6, 6.07) is 0. The third-order valence-electron chi connectivity index (χ3n) is 2.01. The normalized spacial score (nSPS) is 16.5. The van der Waals surface area contributed by atoms with Crippen LogP contribution >= 0.6 is 11.8 Å². The van der Waals surface area contributed by atoms with E-state index in [1.54, 1.807) is 0 Å². The van der Waals surface area contributed by atoms with Crippen molar-refractivity contribution in [2.75, 3.05) is 11.5 Å². The predicted octanol–water partition coefficient (Wildman–Crippen LogP) is 2.93. The highest BCUT2D eigenvalue weighted by Gasteiger charge is 2.16. The van der Waals surface area contributed by atoms with Crippen LogP contribution in [-0.4, -0.2) is 22.2 Å². The van der Waals surface area contributed by atoms with Gasteiger partial charge < -0.3 is 5.11 Å². The molecular formula is C10H22OS. The summed E-state index contributed by atoms with van der Waals surface area (Å²) in [6.45, 7) is 8.41. The van der Waals surface area contributed by atoms with E-state index in [1.807, 2.05) is 25.6 Å². The molecule has 0 bridgehead atoms. The molecule has 2 heteroatoms. The van der Waals surface area contributed by atoms with E-state index >= 15 is 0 Å². The average Bonchev–Trinajstić information content (AvgIpc) is 1.98. The van der Waals surface area contributed by atoms with E-state index in [-0.39, 0.29) is 0 Å². The van der Waals surface area contributed by atoms with E-state index in [4.69, 9.17) is 0 Å². The molecule has 0 aliphatic carbocycles. The zero-order chi connectivity index (χ0) is 9.61. The van der Waals surface area contributed by atoms with E-state index in [2.05, 4.69) is 13.8 Å². The van der Waals surface area contributed by atoms with Crippen molar-refractivity contribution >= 4 is 11.8 Å². The van der Waals surface area contributed by atoms with Crippen molar-refractivity contribution in [1.82, 2.24) is 0 Å². The lowest BCUT2D eigenvalue weighted by atomic mass is 10.1. The summed E-state index contributed by atoms with van der Waals surface area (Å²) in [6.07, 6.45) is 2.10. The lowest BCUT2D eigenvalue weighted by Gasteiger charge is -2.20. The standard InChI is InChI=1S/C10H22OS/c1-5-10(4,11)8-12-7-6-9(2)3/h9,11H,5-8H2,1-4H3. The first-order valence-corrected chi connectivity index (χ1v) is 5.93. The maximum atomic E-state index is 9.67. The van der Waals surface area contributed by atoms with Gasteiger partial charge in [0, 0.05) is 5.75 Å². The molecule has 0 aromatic rings. The Morgan fingerprint density at radius 3 is 2.42 bits per heavy atom. The second-order valence-electron chi connectivity index (χ2n) is 4.09. The van der Waals surface area contributed by atoms with Gasteiger partial charge in [-0.05, 0) is 31.4 Å². The minimum absolute atomic E-state index is 0.457. The number of rotatable bonds is 6. The van der Waals surface area contributed by atoms with Crippen molar-refractivity contribution < 1.29 is 5.11 Å². The summed E-state index contributed by atoms with van der Waals surface area (Å²) in [4.78, 5) is 0. The van der Waals surface area contributed by atoms with Crippen LogP contribution in [0.25, 0.3) is 0 Å². The monoisotopic (exact) mass is 190 g/mol. The molecule has 0 aliphatic rings. The molecule has 74 valence electrons. The minimum Gasteiger partial charge on any atom is -0.389 e. The van der Waals surface area contributed by atoms with Gasteiger partial charge >= 0.3 is 0 Å². The van der Waals surface area contributed by atoms with Crippen LogP contribution in [-0.2, 0) is 0 Å². The molecule has 0 spiro atoms. The highest BCUT2D eigenvalue weighted by molar-refractivity contribution is 7.99. The Bertz CT molecular complexity index is 110. The molecule has 1 nitrogen and oxygen atoms in total. The molecule has 0 radical (unpaired) electrons. The Kier molecular flexibility index (Phi) is 6.02. The van der Waals surface area contributed by atoms with Gasteiger partial charge in [-0.15, -0.1) is 0 Å². The lowest BCUT2D eigenvalue weighted by Crippen LogP contribution is -2.26. The van der Waals surface area contributed by atoms with Gasteiger partial charge in [-0.2, -0.15) is 11.8 Å². The van der Waals surface area contributed by atoms with Gasteiger partial charge in [-0.25, -0.2) is 0 Å². The molecule has 0 saturated carbocycles. The van der Waals surface area contributed by atoms with Gasteiger partial charge in [-0.1, -0.05) is 20.8 Å². The van der Waals surface area contributed by atoms with Gasteiger partial charge in [0.15, 0.2) is 0 Å². The second kappa shape index (κ2) is 5.87. The number of aliphatic hydroxyl groups is 1. The van der Waals surface area contributed by atoms with Crippen LogP contribution in [0.2, 0.25) is 0 Å². The van der Waals surface area contributed by atoms with E-state index in [0.717, 1.165) is 18.1 Å². The van der Waals surface area contributed by atoms with Gasteiger partial charge in [0.1, 0.15) is 0 Å². The predicted molar refractivity (Wildman–Crippen MR) is 57.7 cm³/mol. The van der Waals surface area contributed by atoms with E-state index < -0.39 is 5.60 Å². The minimum atomic E-state index is -0.457. The van der Waals surface area contributed by atoms with Gasteiger partial charge in [0.25, 0.3) is 0 Å². The molecule has 0 rings (SSSR count). The topological polar surface area (TPSA) is 20.2 Å². The fourth-order valence-electron chi connectivity index (χ4n) is 0.713. The van der Waals surface area contributed by atoms with E-state index in [1.165, 1.54) is 12.2 Å². The zero-order valence-electron chi connectivity index (χ0n) is 8.76. The molecule has 0 saturated heterocycles. The van der Waals surface area contributed by atoms with Crippen molar-refractivity contribution in [2.45, 2.75) is 46.1 Å². The summed E-state index contributed by atoms with van der Waals surface area (Å²) < 4.78 is 0. The Morgan fingerprint density at radius 1 is 1.42 bits per heavy atom. The molecule has 12 heavy (non-hydrogen) atoms. The van der Waals surface area contributed by atoms with Crippen LogP contribution in [0.5, 0.6) is 0 Å². The fourth-order valence-corrected chi connectivity index (χ4v) is 2.14. The molecule has 0 fully saturated rings. The molecule has 1 unspecified atom stereocenters. The Morgan fingerprint density at radius 2 is 2.00 bits per heavy atom. The molecule has 0 heterocycles. The third-order valence-corrected chi connectivity index (χ3v) is 3.36. The maximum Gasteiger partial charge on any atom is 0.0707 e. The Balaban J connectivity index is 3.31. The van der Waals surface area contributed by atoms with Gasteiger partial charge in [-0.3, -0.25) is 0 Å². The molecular weight excluding hydrogens is 168 g/mol. The molecule has 0 aromatic carbocycles. The van der Waals surface area contributed by atoms with Crippen molar-refractivity contribution in [3.63, 3.8) is 0 Å². The molecule has 0 aliphatic heterocycles. The molecule has 1 N–H and O–H groups in total. The molecule has 0 amide bonds. The first-order valence-electron chi connectivity index (χ1n) is 4.78. The Hall–Kier alpha value is 0.310. The summed E-state index contributed by atoms with van der Waals surface area (Å²) in [5.41, 5.74) is -0.457. The summed E-state index contributed by atoms with van der Waals surface area (Å²) in [5.74, 6) is 2.83. The number of hydrogen-bond donors (Lipinski definition) is 1. The SMILES string of the molecule is CCC(C)(O)CSCCC(C)C. The van der Waals surface area contributed by atoms with Crippen LogP contribution in [0.1, 0.15) is 40.5 Å². The van der Waals surface area contributed by atoms with Crippen molar-refractivity contribution in [3.05, 3.63) is 0 Å². The first kappa shape index (κ1) is 12.3. The summed E-state index contributed by atoms with van der Waals surface area (Å²) >= 11 is 1.86. The highest BCUT2D eigenvalue weighted by atomic mass is 32.2. The van der Waals surface area contributed by atoms with Crippen LogP contribution in [0.3, 0.4) is 0 Å². The highest BCUT2D eigenvalue weighted by Crippen LogP contribution is 2.18. The number of thioether (sulfide) groups is 1. The Labute approximate surface area is 80.9 Å². The van der Waals surface area contributed by atoms with Crippen LogP contribution in [0.15, 0.2) is 0 Å². The van der Waals surface area contributed by atoms with Gasteiger partial charge in [0.2, 0.25) is 0 Å². The van der Waals surface area contributed by atoms with Crippen LogP contribution < -0.4 is 0 Å². The summed E-state index contributed by atoms with van der Waals surface area (Å²) in [5, 5.41) is 9.67. The summed E-state index contributed by atoms with van der Waals surface area (Å²) in [7, 11) is 0. The quantitative estimate of drug-likeness (QED) is 0.650. The van der Waals surface area contributed by atoms with Gasteiger partial charge in [0.05, 0.1) is 5.60 Å². The van der Waals surface area contributed by atoms with Crippen molar-refractivity contribution in [1.29, 1.82) is 0 Å². The third kappa shape index (κ3) is 6.99. The maximum absolute atomic E-state index is 9.67. The van der Waals surface area contributed by atoms with Crippen LogP contribution in [0, 0.1) is 5.92 Å².